The van der Waals surface area contributed by atoms with Crippen LogP contribution in [0.5, 0.6) is 0 Å². The summed E-state index contributed by atoms with van der Waals surface area (Å²) in [5.41, 5.74) is 2.14. The van der Waals surface area contributed by atoms with Gasteiger partial charge in [-0.2, -0.15) is 0 Å². The van der Waals surface area contributed by atoms with Crippen molar-refractivity contribution in [3.63, 3.8) is 0 Å². The van der Waals surface area contributed by atoms with Gasteiger partial charge in [0.15, 0.2) is 0 Å². The second-order valence-electron chi connectivity index (χ2n) is 6.22. The maximum Gasteiger partial charge on any atom is 0.0807 e. The summed E-state index contributed by atoms with van der Waals surface area (Å²) < 4.78 is 0. The first-order chi connectivity index (χ1) is 10.3. The summed E-state index contributed by atoms with van der Waals surface area (Å²) in [6, 6.07) is 1.97. The van der Waals surface area contributed by atoms with Crippen LogP contribution in [0, 0.1) is 6.92 Å². The molecule has 0 fully saturated rings. The highest BCUT2D eigenvalue weighted by atomic mass is 16.3. The van der Waals surface area contributed by atoms with E-state index in [2.05, 4.69) is 11.9 Å². The average molecular weight is 291 g/mol. The lowest BCUT2D eigenvalue weighted by Crippen LogP contribution is -2.00. The molecule has 0 saturated carbocycles. The minimum Gasteiger partial charge on any atom is -0.388 e. The van der Waals surface area contributed by atoms with Crippen molar-refractivity contribution in [2.45, 2.75) is 90.6 Å². The average Bonchev–Trinajstić information content (AvgIpc) is 2.49. The zero-order chi connectivity index (χ0) is 15.3. The monoisotopic (exact) mass is 291 g/mol. The van der Waals surface area contributed by atoms with Gasteiger partial charge in [-0.15, -0.1) is 0 Å². The topological polar surface area (TPSA) is 33.1 Å². The quantitative estimate of drug-likeness (QED) is 0.498. The summed E-state index contributed by atoms with van der Waals surface area (Å²) >= 11 is 0. The molecule has 0 aliphatic heterocycles. The lowest BCUT2D eigenvalue weighted by molar-refractivity contribution is 0.162. The Balaban J connectivity index is 1.98. The third-order valence-electron chi connectivity index (χ3n) is 4.27. The van der Waals surface area contributed by atoms with Crippen LogP contribution in [0.3, 0.4) is 0 Å². The lowest BCUT2D eigenvalue weighted by Gasteiger charge is -2.12. The fraction of sp³-hybridized carbons (Fsp3) is 0.737. The van der Waals surface area contributed by atoms with Gasteiger partial charge in [-0.3, -0.25) is 4.98 Å². The van der Waals surface area contributed by atoms with Gasteiger partial charge in [0.2, 0.25) is 0 Å². The molecule has 2 nitrogen and oxygen atoms in total. The van der Waals surface area contributed by atoms with Crippen LogP contribution in [0.1, 0.15) is 94.8 Å². The van der Waals surface area contributed by atoms with Crippen molar-refractivity contribution in [2.24, 2.45) is 0 Å². The van der Waals surface area contributed by atoms with Gasteiger partial charge in [-0.1, -0.05) is 71.1 Å². The molecule has 0 aromatic carbocycles. The van der Waals surface area contributed by atoms with Crippen LogP contribution in [0.4, 0.5) is 0 Å². The molecule has 1 unspecified atom stereocenters. The minimum absolute atomic E-state index is 0.340. The number of unbranched alkanes of at least 4 members (excludes halogenated alkanes) is 9. The standard InChI is InChI=1S/C19H33NO/c1-3-4-5-6-7-8-9-10-11-12-13-19(21)18-16-20-15-14-17(18)2/h14-16,19,21H,3-13H2,1-2H3. The first-order valence-corrected chi connectivity index (χ1v) is 8.84. The molecule has 0 radical (unpaired) electrons. The van der Waals surface area contributed by atoms with Crippen molar-refractivity contribution < 1.29 is 5.11 Å². The minimum atomic E-state index is -0.340. The fourth-order valence-electron chi connectivity index (χ4n) is 2.81. The van der Waals surface area contributed by atoms with E-state index in [0.717, 1.165) is 24.0 Å². The van der Waals surface area contributed by atoms with Crippen molar-refractivity contribution in [1.82, 2.24) is 4.98 Å². The molecule has 0 aliphatic carbocycles. The number of pyridine rings is 1. The first-order valence-electron chi connectivity index (χ1n) is 8.84. The Morgan fingerprint density at radius 3 is 2.10 bits per heavy atom. The Hall–Kier alpha value is -0.890. The SMILES string of the molecule is CCCCCCCCCCCCC(O)c1cnccc1C. The molecule has 1 atom stereocenters. The summed E-state index contributed by atoms with van der Waals surface area (Å²) in [5.74, 6) is 0. The molecule has 1 rings (SSSR count). The van der Waals surface area contributed by atoms with Crippen LogP contribution in [-0.4, -0.2) is 10.1 Å². The highest BCUT2D eigenvalue weighted by molar-refractivity contribution is 5.23. The number of aliphatic hydroxyl groups is 1. The molecule has 120 valence electrons. The number of aromatic nitrogens is 1. The molecule has 21 heavy (non-hydrogen) atoms. The highest BCUT2D eigenvalue weighted by Gasteiger charge is 2.09. The maximum absolute atomic E-state index is 10.2. The van der Waals surface area contributed by atoms with Gasteiger partial charge in [-0.25, -0.2) is 0 Å². The Kier molecular flexibility index (Phi) is 10.1. The van der Waals surface area contributed by atoms with Crippen molar-refractivity contribution >= 4 is 0 Å². The van der Waals surface area contributed by atoms with Crippen LogP contribution < -0.4 is 0 Å². The first kappa shape index (κ1) is 18.2. The van der Waals surface area contributed by atoms with Crippen molar-refractivity contribution in [3.8, 4) is 0 Å². The Labute approximate surface area is 131 Å². The Bertz CT molecular complexity index is 364. The summed E-state index contributed by atoms with van der Waals surface area (Å²) in [5, 5.41) is 10.2. The third-order valence-corrected chi connectivity index (χ3v) is 4.27. The lowest BCUT2D eigenvalue weighted by atomic mass is 10.00. The van der Waals surface area contributed by atoms with Gasteiger partial charge in [0.05, 0.1) is 6.10 Å². The number of aryl methyl sites for hydroxylation is 1. The predicted molar refractivity (Wildman–Crippen MR) is 90.4 cm³/mol. The number of nitrogens with zero attached hydrogens (tertiary/aromatic N) is 1. The molecule has 1 heterocycles. The van der Waals surface area contributed by atoms with Gasteiger partial charge >= 0.3 is 0 Å². The second-order valence-corrected chi connectivity index (χ2v) is 6.22. The van der Waals surface area contributed by atoms with Gasteiger partial charge < -0.3 is 5.11 Å². The Morgan fingerprint density at radius 1 is 0.952 bits per heavy atom. The maximum atomic E-state index is 10.2. The summed E-state index contributed by atoms with van der Waals surface area (Å²) in [6.07, 6.45) is 17.5. The van der Waals surface area contributed by atoms with Gasteiger partial charge in [-0.05, 0) is 25.0 Å². The molecule has 0 bridgehead atoms. The van der Waals surface area contributed by atoms with Crippen molar-refractivity contribution in [3.05, 3.63) is 29.6 Å². The van der Waals surface area contributed by atoms with Crippen LogP contribution in [0.2, 0.25) is 0 Å². The summed E-state index contributed by atoms with van der Waals surface area (Å²) in [7, 11) is 0. The normalized spacial score (nSPS) is 12.5. The van der Waals surface area contributed by atoms with Crippen molar-refractivity contribution in [1.29, 1.82) is 0 Å². The molecule has 1 N–H and O–H groups in total. The van der Waals surface area contributed by atoms with E-state index in [9.17, 15) is 5.11 Å². The van der Waals surface area contributed by atoms with Crippen LogP contribution in [-0.2, 0) is 0 Å². The van der Waals surface area contributed by atoms with E-state index in [1.165, 1.54) is 57.8 Å². The zero-order valence-corrected chi connectivity index (χ0v) is 14.0. The van der Waals surface area contributed by atoms with E-state index < -0.39 is 0 Å². The molecule has 1 aromatic rings. The fourth-order valence-corrected chi connectivity index (χ4v) is 2.81. The van der Waals surface area contributed by atoms with E-state index in [4.69, 9.17) is 0 Å². The number of rotatable bonds is 12. The Morgan fingerprint density at radius 2 is 1.52 bits per heavy atom. The van der Waals surface area contributed by atoms with E-state index in [1.807, 2.05) is 13.0 Å². The smallest absolute Gasteiger partial charge is 0.0807 e. The molecule has 0 amide bonds. The molecule has 0 saturated heterocycles. The van der Waals surface area contributed by atoms with Crippen molar-refractivity contribution in [2.75, 3.05) is 0 Å². The van der Waals surface area contributed by atoms with E-state index in [0.29, 0.717) is 0 Å². The van der Waals surface area contributed by atoms with E-state index in [-0.39, 0.29) is 6.10 Å². The third kappa shape index (κ3) is 8.21. The summed E-state index contributed by atoms with van der Waals surface area (Å²) in [6.45, 7) is 4.31. The van der Waals surface area contributed by atoms with Crippen LogP contribution >= 0.6 is 0 Å². The van der Waals surface area contributed by atoms with Gasteiger partial charge in [0, 0.05) is 18.0 Å². The van der Waals surface area contributed by atoms with Crippen LogP contribution in [0.15, 0.2) is 18.5 Å². The largest absolute Gasteiger partial charge is 0.388 e. The highest BCUT2D eigenvalue weighted by Crippen LogP contribution is 2.22. The molecular formula is C19H33NO. The van der Waals surface area contributed by atoms with E-state index >= 15 is 0 Å². The van der Waals surface area contributed by atoms with E-state index in [1.54, 1.807) is 12.4 Å². The van der Waals surface area contributed by atoms with Gasteiger partial charge in [0.25, 0.3) is 0 Å². The second kappa shape index (κ2) is 11.7. The molecule has 2 heteroatoms. The molecule has 1 aromatic heterocycles. The number of aliphatic hydroxyl groups excluding tert-OH is 1. The predicted octanol–water partition coefficient (Wildman–Crippen LogP) is 5.73. The number of hydrogen-bond acceptors (Lipinski definition) is 2. The molecule has 0 spiro atoms. The zero-order valence-electron chi connectivity index (χ0n) is 14.0. The van der Waals surface area contributed by atoms with Crippen LogP contribution in [0.25, 0.3) is 0 Å². The number of hydrogen-bond donors (Lipinski definition) is 1. The van der Waals surface area contributed by atoms with Gasteiger partial charge in [0.1, 0.15) is 0 Å². The summed E-state index contributed by atoms with van der Waals surface area (Å²) in [4.78, 5) is 4.11. The molecule has 0 aliphatic rings. The molecular weight excluding hydrogens is 258 g/mol.